The third kappa shape index (κ3) is 4.19. The van der Waals surface area contributed by atoms with Crippen LogP contribution in [-0.4, -0.2) is 38.8 Å². The number of nitrogens with one attached hydrogen (secondary N) is 1. The lowest BCUT2D eigenvalue weighted by Gasteiger charge is -2.29. The number of rotatable bonds is 5. The van der Waals surface area contributed by atoms with Gasteiger partial charge in [-0.15, -0.1) is 0 Å². The van der Waals surface area contributed by atoms with Crippen LogP contribution < -0.4 is 10.3 Å². The molecule has 10 heteroatoms. The van der Waals surface area contributed by atoms with Crippen molar-refractivity contribution >= 4 is 10.0 Å². The molecule has 0 aliphatic heterocycles. The lowest BCUT2D eigenvalue weighted by molar-refractivity contribution is 0.286. The Hall–Kier alpha value is -2.85. The van der Waals surface area contributed by atoms with Crippen LogP contribution in [0.1, 0.15) is 37.5 Å². The van der Waals surface area contributed by atoms with E-state index in [1.165, 1.54) is 16.9 Å². The van der Waals surface area contributed by atoms with Crippen molar-refractivity contribution in [3.8, 4) is 11.3 Å². The Morgan fingerprint density at radius 1 is 1.07 bits per heavy atom. The van der Waals surface area contributed by atoms with Gasteiger partial charge >= 0.3 is 0 Å². The van der Waals surface area contributed by atoms with Gasteiger partial charge in [-0.05, 0) is 50.8 Å². The second-order valence-corrected chi connectivity index (χ2v) is 9.26. The molecular formula is C20H24N6O3S. The van der Waals surface area contributed by atoms with Gasteiger partial charge in [0, 0.05) is 43.3 Å². The van der Waals surface area contributed by atoms with Crippen molar-refractivity contribution in [2.45, 2.75) is 49.7 Å². The first kappa shape index (κ1) is 20.4. The van der Waals surface area contributed by atoms with Crippen LogP contribution >= 0.6 is 0 Å². The van der Waals surface area contributed by atoms with E-state index in [-0.39, 0.29) is 22.7 Å². The van der Waals surface area contributed by atoms with Crippen LogP contribution in [0.25, 0.3) is 11.3 Å². The second kappa shape index (κ2) is 8.11. The molecule has 30 heavy (non-hydrogen) atoms. The van der Waals surface area contributed by atoms with Gasteiger partial charge in [0.2, 0.25) is 0 Å². The highest BCUT2D eigenvalue weighted by atomic mass is 32.2. The molecule has 3 heterocycles. The van der Waals surface area contributed by atoms with Crippen LogP contribution in [0.3, 0.4) is 0 Å². The van der Waals surface area contributed by atoms with Crippen LogP contribution in [0.5, 0.6) is 0 Å². The summed E-state index contributed by atoms with van der Waals surface area (Å²) in [6.07, 6.45) is 7.48. The summed E-state index contributed by atoms with van der Waals surface area (Å²) in [6.45, 7) is 1.76. The van der Waals surface area contributed by atoms with Gasteiger partial charge in [-0.3, -0.25) is 9.78 Å². The fourth-order valence-electron chi connectivity index (χ4n) is 3.74. The Bertz CT molecular complexity index is 1180. The number of nitrogens with zero attached hydrogens (tertiary/aromatic N) is 5. The molecule has 0 radical (unpaired) electrons. The molecule has 1 saturated carbocycles. The van der Waals surface area contributed by atoms with Gasteiger partial charge in [0.1, 0.15) is 5.82 Å². The number of pyridine rings is 1. The Balaban J connectivity index is 1.45. The summed E-state index contributed by atoms with van der Waals surface area (Å²) in [5.41, 5.74) is 1.46. The van der Waals surface area contributed by atoms with Crippen molar-refractivity contribution in [3.05, 3.63) is 59.0 Å². The molecule has 3 aromatic rings. The summed E-state index contributed by atoms with van der Waals surface area (Å²) in [7, 11) is -1.91. The minimum Gasteiger partial charge on any atom is -0.337 e. The van der Waals surface area contributed by atoms with Crippen molar-refractivity contribution in [1.29, 1.82) is 0 Å². The molecule has 158 valence electrons. The molecule has 0 bridgehead atoms. The molecule has 3 aromatic heterocycles. The van der Waals surface area contributed by atoms with Gasteiger partial charge in [-0.1, -0.05) is 0 Å². The second-order valence-electron chi connectivity index (χ2n) is 7.60. The molecular weight excluding hydrogens is 404 g/mol. The summed E-state index contributed by atoms with van der Waals surface area (Å²) < 4.78 is 31.2. The highest BCUT2D eigenvalue weighted by Gasteiger charge is 2.28. The van der Waals surface area contributed by atoms with E-state index in [2.05, 4.69) is 19.8 Å². The van der Waals surface area contributed by atoms with Crippen LogP contribution in [0.2, 0.25) is 0 Å². The third-order valence-corrected chi connectivity index (χ3v) is 6.92. The quantitative estimate of drug-likeness (QED) is 0.663. The van der Waals surface area contributed by atoms with E-state index in [9.17, 15) is 13.2 Å². The van der Waals surface area contributed by atoms with Gasteiger partial charge in [-0.25, -0.2) is 22.8 Å². The smallest absolute Gasteiger partial charge is 0.267 e. The zero-order chi connectivity index (χ0) is 21.3. The van der Waals surface area contributed by atoms with E-state index in [1.807, 2.05) is 12.1 Å². The van der Waals surface area contributed by atoms with E-state index in [1.54, 1.807) is 37.0 Å². The van der Waals surface area contributed by atoms with Gasteiger partial charge in [0.25, 0.3) is 15.6 Å². The number of hydrogen-bond acceptors (Lipinski definition) is 6. The number of imidazole rings is 1. The number of sulfonamides is 1. The Morgan fingerprint density at radius 2 is 1.77 bits per heavy atom. The van der Waals surface area contributed by atoms with Crippen molar-refractivity contribution in [2.24, 2.45) is 7.05 Å². The van der Waals surface area contributed by atoms with E-state index in [4.69, 9.17) is 0 Å². The maximum absolute atomic E-state index is 12.6. The molecule has 1 aliphatic rings. The first-order chi connectivity index (χ1) is 14.3. The fraction of sp³-hybridized carbons (Fsp3) is 0.400. The largest absolute Gasteiger partial charge is 0.337 e. The number of aryl methyl sites for hydroxylation is 2. The van der Waals surface area contributed by atoms with Crippen LogP contribution in [0.4, 0.5) is 0 Å². The monoisotopic (exact) mass is 428 g/mol. The van der Waals surface area contributed by atoms with Crippen LogP contribution in [0, 0.1) is 6.92 Å². The van der Waals surface area contributed by atoms with E-state index >= 15 is 0 Å². The van der Waals surface area contributed by atoms with Crippen LogP contribution in [0.15, 0.2) is 52.7 Å². The predicted molar refractivity (Wildman–Crippen MR) is 111 cm³/mol. The van der Waals surface area contributed by atoms with Crippen molar-refractivity contribution in [3.63, 3.8) is 0 Å². The molecule has 0 aromatic carbocycles. The topological polar surface area (TPSA) is 112 Å². The number of aromatic nitrogens is 5. The normalized spacial score (nSPS) is 19.7. The van der Waals surface area contributed by atoms with Gasteiger partial charge in [0.05, 0.1) is 11.7 Å². The molecule has 0 atom stereocenters. The lowest BCUT2D eigenvalue weighted by Crippen LogP contribution is -2.39. The minimum absolute atomic E-state index is 0.0348. The molecule has 4 rings (SSSR count). The van der Waals surface area contributed by atoms with Gasteiger partial charge in [0.15, 0.2) is 5.03 Å². The standard InChI is InChI=1S/C20H24N6O3S/c1-14-22-19(13-25(14)2)30(28,29)24-16-3-5-17(6-4-16)26-20(27)8-7-18(23-26)15-9-11-21-12-10-15/h7-13,16-17,24H,3-6H2,1-2H3. The SMILES string of the molecule is Cc1nc(S(=O)(=O)NC2CCC(n3nc(-c4ccncc4)ccc3=O)CC2)cn1C. The maximum atomic E-state index is 12.6. The molecule has 9 nitrogen and oxygen atoms in total. The molecule has 0 spiro atoms. The zero-order valence-corrected chi connectivity index (χ0v) is 17.7. The Morgan fingerprint density at radius 3 is 2.40 bits per heavy atom. The van der Waals surface area contributed by atoms with Crippen LogP contribution in [-0.2, 0) is 17.1 Å². The van der Waals surface area contributed by atoms with Crippen molar-refractivity contribution < 1.29 is 8.42 Å². The van der Waals surface area contributed by atoms with E-state index < -0.39 is 10.0 Å². The summed E-state index contributed by atoms with van der Waals surface area (Å²) in [5.74, 6) is 0.638. The molecule has 1 aliphatic carbocycles. The fourth-order valence-corrected chi connectivity index (χ4v) is 5.08. The third-order valence-electron chi connectivity index (χ3n) is 5.53. The minimum atomic E-state index is -3.67. The summed E-state index contributed by atoms with van der Waals surface area (Å²) >= 11 is 0. The first-order valence-electron chi connectivity index (χ1n) is 9.86. The summed E-state index contributed by atoms with van der Waals surface area (Å²) in [4.78, 5) is 20.5. The highest BCUT2D eigenvalue weighted by Crippen LogP contribution is 2.28. The molecule has 0 amide bonds. The molecule has 0 unspecified atom stereocenters. The Kier molecular flexibility index (Phi) is 5.52. The van der Waals surface area contributed by atoms with Crippen molar-refractivity contribution in [1.82, 2.24) is 29.0 Å². The lowest BCUT2D eigenvalue weighted by atomic mass is 9.92. The first-order valence-corrected chi connectivity index (χ1v) is 11.3. The van der Waals surface area contributed by atoms with Crippen molar-refractivity contribution in [2.75, 3.05) is 0 Å². The van der Waals surface area contributed by atoms with Gasteiger partial charge in [-0.2, -0.15) is 5.10 Å². The summed E-state index contributed by atoms with van der Waals surface area (Å²) in [5, 5.41) is 4.59. The predicted octanol–water partition coefficient (Wildman–Crippen LogP) is 1.81. The summed E-state index contributed by atoms with van der Waals surface area (Å²) in [6, 6.07) is 6.69. The maximum Gasteiger partial charge on any atom is 0.267 e. The van der Waals surface area contributed by atoms with Gasteiger partial charge < -0.3 is 4.57 Å². The molecule has 1 fully saturated rings. The highest BCUT2D eigenvalue weighted by molar-refractivity contribution is 7.89. The van der Waals surface area contributed by atoms with E-state index in [0.717, 1.165) is 5.56 Å². The average Bonchev–Trinajstić information content (AvgIpc) is 3.09. The number of hydrogen-bond donors (Lipinski definition) is 1. The molecule has 0 saturated heterocycles. The van der Waals surface area contributed by atoms with E-state index in [0.29, 0.717) is 37.2 Å². The zero-order valence-electron chi connectivity index (χ0n) is 16.9. The Labute approximate surface area is 174 Å². The molecule has 1 N–H and O–H groups in total. The average molecular weight is 429 g/mol.